The van der Waals surface area contributed by atoms with Crippen LogP contribution < -0.4 is 11.1 Å². The van der Waals surface area contributed by atoms with Crippen LogP contribution in [0.1, 0.15) is 33.1 Å². The predicted molar refractivity (Wildman–Crippen MR) is 75.6 cm³/mol. The second-order valence-electron chi connectivity index (χ2n) is 5.23. The standard InChI is InChI=1S/C12H21N5OS/c1-7-4-3-5-9(8(7)2)14-10(18)6-19-12-15-11(13)16-17-12/h7-9H,3-6H2,1-2H3,(H,14,18)(H3,13,15,16,17)/t7-,8+,9-/m0/s1. The van der Waals surface area contributed by atoms with Crippen LogP contribution in [0.25, 0.3) is 0 Å². The fourth-order valence-electron chi connectivity index (χ4n) is 2.49. The third-order valence-electron chi connectivity index (χ3n) is 3.87. The molecule has 19 heavy (non-hydrogen) atoms. The number of aromatic nitrogens is 3. The maximum absolute atomic E-state index is 11.9. The zero-order valence-electron chi connectivity index (χ0n) is 11.3. The lowest BCUT2D eigenvalue weighted by Crippen LogP contribution is -2.44. The number of nitrogens with zero attached hydrogens (tertiary/aromatic N) is 2. The van der Waals surface area contributed by atoms with E-state index >= 15 is 0 Å². The Morgan fingerprint density at radius 1 is 1.53 bits per heavy atom. The summed E-state index contributed by atoms with van der Waals surface area (Å²) in [4.78, 5) is 15.9. The monoisotopic (exact) mass is 283 g/mol. The lowest BCUT2D eigenvalue weighted by Gasteiger charge is -2.34. The minimum atomic E-state index is 0.0410. The molecule has 1 amide bonds. The first-order valence-corrected chi connectivity index (χ1v) is 7.65. The molecule has 4 N–H and O–H groups in total. The number of H-pyrrole nitrogens is 1. The van der Waals surface area contributed by atoms with Crippen molar-refractivity contribution in [3.05, 3.63) is 0 Å². The van der Waals surface area contributed by atoms with Crippen molar-refractivity contribution < 1.29 is 4.79 Å². The first-order chi connectivity index (χ1) is 9.06. The maximum atomic E-state index is 11.9. The van der Waals surface area contributed by atoms with Crippen molar-refractivity contribution in [1.82, 2.24) is 20.5 Å². The lowest BCUT2D eigenvalue weighted by molar-refractivity contribution is -0.120. The molecule has 0 radical (unpaired) electrons. The van der Waals surface area contributed by atoms with Gasteiger partial charge in [-0.3, -0.25) is 4.79 Å². The summed E-state index contributed by atoms with van der Waals surface area (Å²) in [7, 11) is 0. The maximum Gasteiger partial charge on any atom is 0.230 e. The molecule has 0 aromatic carbocycles. The second-order valence-corrected chi connectivity index (χ2v) is 6.18. The summed E-state index contributed by atoms with van der Waals surface area (Å²) in [5, 5.41) is 10.1. The van der Waals surface area contributed by atoms with E-state index in [1.165, 1.54) is 24.6 Å². The third kappa shape index (κ3) is 3.86. The molecular formula is C12H21N5OS. The van der Waals surface area contributed by atoms with Crippen LogP contribution >= 0.6 is 11.8 Å². The van der Waals surface area contributed by atoms with E-state index in [2.05, 4.69) is 34.3 Å². The topological polar surface area (TPSA) is 96.7 Å². The highest BCUT2D eigenvalue weighted by Crippen LogP contribution is 2.29. The highest BCUT2D eigenvalue weighted by Gasteiger charge is 2.28. The molecule has 6 nitrogen and oxygen atoms in total. The summed E-state index contributed by atoms with van der Waals surface area (Å²) in [6.45, 7) is 4.48. The zero-order chi connectivity index (χ0) is 13.8. The Kier molecular flexibility index (Phi) is 4.68. The van der Waals surface area contributed by atoms with E-state index in [1.807, 2.05) is 0 Å². The number of nitrogen functional groups attached to an aromatic ring is 1. The Morgan fingerprint density at radius 2 is 2.32 bits per heavy atom. The molecule has 1 aliphatic carbocycles. The number of aromatic amines is 1. The molecule has 0 bridgehead atoms. The van der Waals surface area contributed by atoms with Gasteiger partial charge >= 0.3 is 0 Å². The number of nitrogens with one attached hydrogen (secondary N) is 2. The molecule has 1 heterocycles. The van der Waals surface area contributed by atoms with Crippen LogP contribution in [0, 0.1) is 11.8 Å². The van der Waals surface area contributed by atoms with Gasteiger partial charge in [0.25, 0.3) is 0 Å². The molecule has 1 aromatic rings. The van der Waals surface area contributed by atoms with Gasteiger partial charge in [0.1, 0.15) is 0 Å². The summed E-state index contributed by atoms with van der Waals surface area (Å²) >= 11 is 1.29. The molecule has 106 valence electrons. The highest BCUT2D eigenvalue weighted by atomic mass is 32.2. The number of hydrogen-bond acceptors (Lipinski definition) is 5. The number of thioether (sulfide) groups is 1. The van der Waals surface area contributed by atoms with Gasteiger partial charge in [0.2, 0.25) is 17.0 Å². The molecule has 0 unspecified atom stereocenters. The Bertz CT molecular complexity index is 436. The fourth-order valence-corrected chi connectivity index (χ4v) is 3.10. The molecule has 3 atom stereocenters. The average Bonchev–Trinajstić information content (AvgIpc) is 2.78. The van der Waals surface area contributed by atoms with E-state index in [1.54, 1.807) is 0 Å². The molecule has 7 heteroatoms. The van der Waals surface area contributed by atoms with E-state index in [4.69, 9.17) is 5.73 Å². The molecular weight excluding hydrogens is 262 g/mol. The van der Waals surface area contributed by atoms with Gasteiger partial charge < -0.3 is 11.1 Å². The van der Waals surface area contributed by atoms with Gasteiger partial charge in [-0.2, -0.15) is 4.98 Å². The molecule has 0 spiro atoms. The Balaban J connectivity index is 1.77. The number of nitrogens with two attached hydrogens (primary N) is 1. The van der Waals surface area contributed by atoms with Crippen molar-refractivity contribution in [2.45, 2.75) is 44.3 Å². The first kappa shape index (κ1) is 14.2. The van der Waals surface area contributed by atoms with Gasteiger partial charge in [-0.1, -0.05) is 38.5 Å². The smallest absolute Gasteiger partial charge is 0.230 e. The van der Waals surface area contributed by atoms with Crippen LogP contribution in [0.5, 0.6) is 0 Å². The van der Waals surface area contributed by atoms with Crippen LogP contribution in [0.2, 0.25) is 0 Å². The van der Waals surface area contributed by atoms with Crippen molar-refractivity contribution in [3.63, 3.8) is 0 Å². The Labute approximate surface area is 117 Å². The number of carbonyl (C=O) groups is 1. The van der Waals surface area contributed by atoms with Crippen molar-refractivity contribution in [2.24, 2.45) is 11.8 Å². The molecule has 2 rings (SSSR count). The van der Waals surface area contributed by atoms with E-state index in [9.17, 15) is 4.79 Å². The summed E-state index contributed by atoms with van der Waals surface area (Å²) in [6.07, 6.45) is 3.54. The van der Waals surface area contributed by atoms with Gasteiger partial charge in [-0.25, -0.2) is 5.10 Å². The zero-order valence-corrected chi connectivity index (χ0v) is 12.2. The first-order valence-electron chi connectivity index (χ1n) is 6.66. The number of anilines is 1. The Morgan fingerprint density at radius 3 is 3.00 bits per heavy atom. The average molecular weight is 283 g/mol. The van der Waals surface area contributed by atoms with Crippen molar-refractivity contribution >= 4 is 23.6 Å². The molecule has 1 aliphatic rings. The summed E-state index contributed by atoms with van der Waals surface area (Å²) in [5.74, 6) is 1.87. The SMILES string of the molecule is C[C@H]1[C@@H](NC(=O)CSc2n[nH]c(N)n2)CCC[C@@H]1C. The summed E-state index contributed by atoms with van der Waals surface area (Å²) in [5.41, 5.74) is 5.42. The second kappa shape index (κ2) is 6.27. The van der Waals surface area contributed by atoms with Gasteiger partial charge in [0.05, 0.1) is 5.75 Å². The number of rotatable bonds is 4. The number of amides is 1. The normalized spacial score (nSPS) is 27.2. The number of carbonyl (C=O) groups excluding carboxylic acids is 1. The largest absolute Gasteiger partial charge is 0.368 e. The van der Waals surface area contributed by atoms with Gasteiger partial charge in [-0.05, 0) is 18.3 Å². The number of hydrogen-bond donors (Lipinski definition) is 3. The van der Waals surface area contributed by atoms with Gasteiger partial charge in [0, 0.05) is 6.04 Å². The van der Waals surface area contributed by atoms with Crippen LogP contribution in [0.4, 0.5) is 5.95 Å². The van der Waals surface area contributed by atoms with Crippen LogP contribution in [-0.4, -0.2) is 32.9 Å². The van der Waals surface area contributed by atoms with Crippen molar-refractivity contribution in [2.75, 3.05) is 11.5 Å². The van der Waals surface area contributed by atoms with Crippen LogP contribution in [-0.2, 0) is 4.79 Å². The van der Waals surface area contributed by atoms with E-state index in [-0.39, 0.29) is 11.9 Å². The predicted octanol–water partition coefficient (Wildman–Crippen LogP) is 1.42. The molecule has 0 saturated heterocycles. The summed E-state index contributed by atoms with van der Waals surface area (Å²) < 4.78 is 0. The molecule has 1 aromatic heterocycles. The van der Waals surface area contributed by atoms with E-state index in [0.717, 1.165) is 6.42 Å². The van der Waals surface area contributed by atoms with Crippen LogP contribution in [0.15, 0.2) is 5.16 Å². The van der Waals surface area contributed by atoms with E-state index < -0.39 is 0 Å². The molecule has 1 saturated carbocycles. The highest BCUT2D eigenvalue weighted by molar-refractivity contribution is 7.99. The quantitative estimate of drug-likeness (QED) is 0.726. The third-order valence-corrected chi connectivity index (χ3v) is 4.72. The van der Waals surface area contributed by atoms with E-state index in [0.29, 0.717) is 28.8 Å². The molecule has 1 fully saturated rings. The minimum absolute atomic E-state index is 0.0410. The summed E-state index contributed by atoms with van der Waals surface area (Å²) in [6, 6.07) is 0.300. The van der Waals surface area contributed by atoms with Crippen molar-refractivity contribution in [1.29, 1.82) is 0 Å². The van der Waals surface area contributed by atoms with Gasteiger partial charge in [0.15, 0.2) is 0 Å². The van der Waals surface area contributed by atoms with Gasteiger partial charge in [-0.15, -0.1) is 5.10 Å². The van der Waals surface area contributed by atoms with Crippen molar-refractivity contribution in [3.8, 4) is 0 Å². The van der Waals surface area contributed by atoms with Crippen LogP contribution in [0.3, 0.4) is 0 Å². The lowest BCUT2D eigenvalue weighted by atomic mass is 9.78. The fraction of sp³-hybridized carbons (Fsp3) is 0.750. The minimum Gasteiger partial charge on any atom is -0.368 e. The molecule has 0 aliphatic heterocycles. The Hall–Kier alpha value is -1.24.